The van der Waals surface area contributed by atoms with Gasteiger partial charge in [-0.05, 0) is 56.7 Å². The van der Waals surface area contributed by atoms with E-state index in [0.29, 0.717) is 4.83 Å². The largest absolute Gasteiger partial charge is 0.487 e. The van der Waals surface area contributed by atoms with E-state index in [-0.39, 0.29) is 11.2 Å². The molecule has 1 aliphatic heterocycles. The molecule has 110 valence electrons. The van der Waals surface area contributed by atoms with Gasteiger partial charge in [-0.3, -0.25) is 0 Å². The van der Waals surface area contributed by atoms with Crippen LogP contribution in [0.3, 0.4) is 0 Å². The van der Waals surface area contributed by atoms with Crippen LogP contribution in [0.1, 0.15) is 55.5 Å². The van der Waals surface area contributed by atoms with Crippen LogP contribution in [-0.4, -0.2) is 18.3 Å². The third kappa shape index (κ3) is 2.62. The Morgan fingerprint density at radius 2 is 2.10 bits per heavy atom. The van der Waals surface area contributed by atoms with E-state index in [1.165, 1.54) is 30.4 Å². The summed E-state index contributed by atoms with van der Waals surface area (Å²) in [5.41, 5.74) is 2.71. The van der Waals surface area contributed by atoms with E-state index in [4.69, 9.17) is 9.47 Å². The van der Waals surface area contributed by atoms with Crippen molar-refractivity contribution in [1.29, 1.82) is 0 Å². The molecule has 2 nitrogen and oxygen atoms in total. The standard InChI is InChI=1S/C17H23BrO2/c1-16(2)10-13-9-12(5-6-15(13)20-16)14(18)11-17(19-3)7-4-8-17/h5-6,9,14H,4,7-8,10-11H2,1-3H3. The quantitative estimate of drug-likeness (QED) is 0.734. The van der Waals surface area contributed by atoms with Crippen molar-refractivity contribution in [3.8, 4) is 5.75 Å². The Balaban J connectivity index is 1.75. The second-order valence-electron chi connectivity index (χ2n) is 6.82. The van der Waals surface area contributed by atoms with Gasteiger partial charge in [-0.25, -0.2) is 0 Å². The summed E-state index contributed by atoms with van der Waals surface area (Å²) in [7, 11) is 1.85. The third-order valence-electron chi connectivity index (χ3n) is 4.70. The van der Waals surface area contributed by atoms with E-state index in [1.54, 1.807) is 0 Å². The molecule has 0 saturated heterocycles. The zero-order chi connectivity index (χ0) is 14.4. The van der Waals surface area contributed by atoms with E-state index >= 15 is 0 Å². The van der Waals surface area contributed by atoms with Gasteiger partial charge in [0.2, 0.25) is 0 Å². The Morgan fingerprint density at radius 3 is 2.70 bits per heavy atom. The molecule has 1 aromatic rings. The van der Waals surface area contributed by atoms with Gasteiger partial charge in [-0.15, -0.1) is 0 Å². The molecule has 2 aliphatic rings. The third-order valence-corrected chi connectivity index (χ3v) is 5.55. The summed E-state index contributed by atoms with van der Waals surface area (Å²) in [6.45, 7) is 4.29. The summed E-state index contributed by atoms with van der Waals surface area (Å²) in [4.78, 5) is 0.358. The van der Waals surface area contributed by atoms with Crippen molar-refractivity contribution in [2.24, 2.45) is 0 Å². The van der Waals surface area contributed by atoms with Crippen molar-refractivity contribution in [2.45, 2.75) is 62.0 Å². The van der Waals surface area contributed by atoms with Crippen molar-refractivity contribution in [3.63, 3.8) is 0 Å². The molecule has 0 spiro atoms. The Kier molecular flexibility index (Phi) is 3.62. The van der Waals surface area contributed by atoms with Gasteiger partial charge in [-0.2, -0.15) is 0 Å². The fraction of sp³-hybridized carbons (Fsp3) is 0.647. The fourth-order valence-electron chi connectivity index (χ4n) is 3.33. The highest BCUT2D eigenvalue weighted by atomic mass is 79.9. The van der Waals surface area contributed by atoms with Gasteiger partial charge >= 0.3 is 0 Å². The minimum absolute atomic E-state index is 0.0650. The molecule has 0 aromatic heterocycles. The smallest absolute Gasteiger partial charge is 0.123 e. The van der Waals surface area contributed by atoms with Crippen LogP contribution in [-0.2, 0) is 11.2 Å². The first-order valence-electron chi connectivity index (χ1n) is 7.44. The van der Waals surface area contributed by atoms with E-state index in [2.05, 4.69) is 48.0 Å². The molecule has 20 heavy (non-hydrogen) atoms. The van der Waals surface area contributed by atoms with E-state index in [1.807, 2.05) is 7.11 Å². The zero-order valence-corrected chi connectivity index (χ0v) is 14.1. The Hall–Kier alpha value is -0.540. The van der Waals surface area contributed by atoms with Crippen LogP contribution >= 0.6 is 15.9 Å². The lowest BCUT2D eigenvalue weighted by molar-refractivity contribution is -0.0773. The van der Waals surface area contributed by atoms with Crippen LogP contribution in [0.15, 0.2) is 18.2 Å². The summed E-state index contributed by atoms with van der Waals surface area (Å²) in [5, 5.41) is 0. The molecule has 1 aromatic carbocycles. The monoisotopic (exact) mass is 338 g/mol. The summed E-state index contributed by atoms with van der Waals surface area (Å²) < 4.78 is 11.7. The highest BCUT2D eigenvalue weighted by Gasteiger charge is 2.39. The van der Waals surface area contributed by atoms with Gasteiger partial charge in [0.05, 0.1) is 5.60 Å². The molecule has 3 rings (SSSR count). The van der Waals surface area contributed by atoms with Gasteiger partial charge in [0, 0.05) is 18.4 Å². The van der Waals surface area contributed by atoms with E-state index < -0.39 is 0 Å². The van der Waals surface area contributed by atoms with Crippen LogP contribution in [0.2, 0.25) is 0 Å². The molecule has 0 radical (unpaired) electrons. The van der Waals surface area contributed by atoms with Gasteiger partial charge in [0.25, 0.3) is 0 Å². The molecule has 1 saturated carbocycles. The summed E-state index contributed by atoms with van der Waals surface area (Å²) >= 11 is 3.85. The zero-order valence-electron chi connectivity index (χ0n) is 12.5. The maximum absolute atomic E-state index is 5.94. The highest BCUT2D eigenvalue weighted by molar-refractivity contribution is 9.09. The number of fused-ring (bicyclic) bond motifs is 1. The summed E-state index contributed by atoms with van der Waals surface area (Å²) in [5.74, 6) is 1.04. The minimum atomic E-state index is -0.0650. The summed E-state index contributed by atoms with van der Waals surface area (Å²) in [6.07, 6.45) is 5.71. The fourth-order valence-corrected chi connectivity index (χ4v) is 4.21. The van der Waals surface area contributed by atoms with Crippen molar-refractivity contribution >= 4 is 15.9 Å². The normalized spacial score (nSPS) is 23.6. The minimum Gasteiger partial charge on any atom is -0.487 e. The van der Waals surface area contributed by atoms with Crippen LogP contribution in [0.4, 0.5) is 0 Å². The van der Waals surface area contributed by atoms with E-state index in [0.717, 1.165) is 18.6 Å². The SMILES string of the molecule is COC1(CC(Br)c2ccc3c(c2)CC(C)(C)O3)CCC1. The maximum atomic E-state index is 5.94. The predicted octanol–water partition coefficient (Wildman–Crippen LogP) is 4.80. The number of rotatable bonds is 4. The van der Waals surface area contributed by atoms with Crippen LogP contribution in [0, 0.1) is 0 Å². The first-order valence-corrected chi connectivity index (χ1v) is 8.36. The average Bonchev–Trinajstić information content (AvgIpc) is 2.66. The number of benzene rings is 1. The molecule has 0 amide bonds. The lowest BCUT2D eigenvalue weighted by Crippen LogP contribution is -2.39. The molecular weight excluding hydrogens is 316 g/mol. The molecule has 3 heteroatoms. The average molecular weight is 339 g/mol. The molecular formula is C17H23BrO2. The first-order chi connectivity index (χ1) is 9.43. The second-order valence-corrected chi connectivity index (χ2v) is 7.92. The van der Waals surface area contributed by atoms with Crippen LogP contribution < -0.4 is 4.74 Å². The molecule has 0 N–H and O–H groups in total. The number of ether oxygens (including phenoxy) is 2. The molecule has 1 heterocycles. The highest BCUT2D eigenvalue weighted by Crippen LogP contribution is 2.45. The number of alkyl halides is 1. The second kappa shape index (κ2) is 5.03. The van der Waals surface area contributed by atoms with Crippen LogP contribution in [0.25, 0.3) is 0 Å². The van der Waals surface area contributed by atoms with Crippen molar-refractivity contribution in [3.05, 3.63) is 29.3 Å². The Morgan fingerprint density at radius 1 is 1.35 bits per heavy atom. The van der Waals surface area contributed by atoms with Gasteiger partial charge < -0.3 is 9.47 Å². The predicted molar refractivity (Wildman–Crippen MR) is 84.7 cm³/mol. The van der Waals surface area contributed by atoms with Gasteiger partial charge in [-0.1, -0.05) is 28.1 Å². The van der Waals surface area contributed by atoms with Crippen molar-refractivity contribution in [1.82, 2.24) is 0 Å². The van der Waals surface area contributed by atoms with Gasteiger partial charge in [0.15, 0.2) is 0 Å². The lowest BCUT2D eigenvalue weighted by atomic mass is 9.76. The number of hydrogen-bond donors (Lipinski definition) is 0. The molecule has 0 bridgehead atoms. The first kappa shape index (κ1) is 14.4. The molecule has 1 fully saturated rings. The number of hydrogen-bond acceptors (Lipinski definition) is 2. The number of methoxy groups -OCH3 is 1. The molecule has 1 unspecified atom stereocenters. The van der Waals surface area contributed by atoms with E-state index in [9.17, 15) is 0 Å². The van der Waals surface area contributed by atoms with Gasteiger partial charge in [0.1, 0.15) is 11.4 Å². The molecule has 1 atom stereocenters. The Bertz CT molecular complexity index is 500. The van der Waals surface area contributed by atoms with Crippen LogP contribution in [0.5, 0.6) is 5.75 Å². The lowest BCUT2D eigenvalue weighted by Gasteiger charge is -2.42. The van der Waals surface area contributed by atoms with Crippen molar-refractivity contribution < 1.29 is 9.47 Å². The maximum Gasteiger partial charge on any atom is 0.123 e. The summed E-state index contributed by atoms with van der Waals surface area (Å²) in [6, 6.07) is 6.60. The topological polar surface area (TPSA) is 18.5 Å². The number of halogens is 1. The Labute approximate surface area is 130 Å². The molecule has 1 aliphatic carbocycles. The van der Waals surface area contributed by atoms with Crippen molar-refractivity contribution in [2.75, 3.05) is 7.11 Å².